The fourth-order valence-corrected chi connectivity index (χ4v) is 4.75. The van der Waals surface area contributed by atoms with E-state index < -0.39 is 0 Å². The number of hydrogen-bond donors (Lipinski definition) is 2. The molecule has 0 aromatic carbocycles. The Morgan fingerprint density at radius 3 is 1.04 bits per heavy atom. The summed E-state index contributed by atoms with van der Waals surface area (Å²) >= 11 is 0. The quantitative estimate of drug-likeness (QED) is 0.781. The highest BCUT2D eigenvalue weighted by Crippen LogP contribution is 2.38. The van der Waals surface area contributed by atoms with Crippen molar-refractivity contribution in [3.63, 3.8) is 0 Å². The zero-order valence-electron chi connectivity index (χ0n) is 14.2. The maximum absolute atomic E-state index is 9.21. The van der Waals surface area contributed by atoms with E-state index in [0.29, 0.717) is 0 Å². The van der Waals surface area contributed by atoms with Gasteiger partial charge in [0.05, 0.1) is 62.0 Å². The molecular weight excluding hydrogens is 312 g/mol. The molecule has 0 spiro atoms. The fraction of sp³-hybridized carbons (Fsp3) is 1.00. The summed E-state index contributed by atoms with van der Waals surface area (Å²) in [5, 5.41) is 18.4. The molecule has 0 bridgehead atoms. The van der Waals surface area contributed by atoms with Crippen molar-refractivity contribution in [3.8, 4) is 0 Å². The molecule has 0 aliphatic carbocycles. The van der Waals surface area contributed by atoms with E-state index in [-0.39, 0.29) is 62.0 Å². The summed E-state index contributed by atoms with van der Waals surface area (Å²) in [5.41, 5.74) is 0. The first-order valence-corrected chi connectivity index (χ1v) is 9.60. The van der Waals surface area contributed by atoms with Crippen LogP contribution in [0, 0.1) is 0 Å². The Hall–Kier alpha value is -0.240. The highest BCUT2D eigenvalue weighted by atomic mass is 16.6. The number of hydrogen-bond acceptors (Lipinski definition) is 6. The Kier molecular flexibility index (Phi) is 5.41. The van der Waals surface area contributed by atoms with Gasteiger partial charge in [0, 0.05) is 0 Å². The van der Waals surface area contributed by atoms with E-state index >= 15 is 0 Å². The molecule has 4 heterocycles. The van der Waals surface area contributed by atoms with E-state index in [4.69, 9.17) is 18.9 Å². The second-order valence-electron chi connectivity index (χ2n) is 7.69. The molecule has 0 saturated carbocycles. The number of aliphatic hydroxyl groups excluding tert-OH is 2. The normalized spacial score (nSPS) is 49.2. The van der Waals surface area contributed by atoms with Gasteiger partial charge in [-0.2, -0.15) is 0 Å². The molecule has 6 nitrogen and oxygen atoms in total. The van der Waals surface area contributed by atoms with Crippen LogP contribution in [0.5, 0.6) is 0 Å². The summed E-state index contributed by atoms with van der Waals surface area (Å²) in [7, 11) is 0. The van der Waals surface area contributed by atoms with Crippen LogP contribution in [0.2, 0.25) is 0 Å². The maximum atomic E-state index is 9.21. The lowest BCUT2D eigenvalue weighted by molar-refractivity contribution is -0.125. The predicted octanol–water partition coefficient (Wildman–Crippen LogP) is 1.16. The first-order chi connectivity index (χ1) is 11.8. The van der Waals surface area contributed by atoms with Gasteiger partial charge >= 0.3 is 0 Å². The van der Waals surface area contributed by atoms with Gasteiger partial charge < -0.3 is 29.2 Å². The molecule has 6 heteroatoms. The molecule has 138 valence electrons. The Balaban J connectivity index is 1.25. The minimum Gasteiger partial charge on any atom is -0.394 e. The smallest absolute Gasteiger partial charge is 0.0842 e. The van der Waals surface area contributed by atoms with Crippen molar-refractivity contribution in [1.29, 1.82) is 0 Å². The molecule has 0 aromatic heterocycles. The Morgan fingerprint density at radius 1 is 0.458 bits per heavy atom. The minimum atomic E-state index is -0.0104. The molecule has 0 unspecified atom stereocenters. The van der Waals surface area contributed by atoms with E-state index in [1.807, 2.05) is 0 Å². The Labute approximate surface area is 143 Å². The Bertz CT molecular complexity index is 380. The number of rotatable bonds is 5. The van der Waals surface area contributed by atoms with Gasteiger partial charge in [-0.1, -0.05) is 0 Å². The topological polar surface area (TPSA) is 77.4 Å². The van der Waals surface area contributed by atoms with Crippen LogP contribution in [-0.4, -0.2) is 72.3 Å². The van der Waals surface area contributed by atoms with Crippen LogP contribution in [-0.2, 0) is 18.9 Å². The highest BCUT2D eigenvalue weighted by Gasteiger charge is 2.44. The van der Waals surface area contributed by atoms with E-state index in [1.165, 1.54) is 0 Å². The van der Waals surface area contributed by atoms with Crippen LogP contribution >= 0.6 is 0 Å². The van der Waals surface area contributed by atoms with Gasteiger partial charge in [0.2, 0.25) is 0 Å². The highest BCUT2D eigenvalue weighted by molar-refractivity contribution is 4.92. The fourth-order valence-electron chi connectivity index (χ4n) is 4.75. The predicted molar refractivity (Wildman–Crippen MR) is 85.8 cm³/mol. The molecule has 0 amide bonds. The van der Waals surface area contributed by atoms with Crippen molar-refractivity contribution in [3.05, 3.63) is 0 Å². The molecule has 0 aromatic rings. The SMILES string of the molecule is OC[C@@H]1CC[C@@H]([C@@H]2CC[C@@H]([C@@H]3CC[C@@H]([C@@H]4CC[C@@H](CO)O4)O3)O2)O1. The van der Waals surface area contributed by atoms with Gasteiger partial charge in [-0.3, -0.25) is 0 Å². The van der Waals surface area contributed by atoms with Crippen LogP contribution < -0.4 is 0 Å². The lowest BCUT2D eigenvalue weighted by Crippen LogP contribution is -2.33. The zero-order valence-corrected chi connectivity index (χ0v) is 14.2. The Morgan fingerprint density at radius 2 is 0.750 bits per heavy atom. The standard InChI is InChI=1S/C18H30O6/c19-9-11-1-3-13(21-11)15-5-7-17(23-15)18-8-6-16(24-18)14-4-2-12(10-20)22-14/h11-20H,1-10H2/t11-,12-,13-,14-,15-,16-,17-,18-/m0/s1. The molecule has 4 rings (SSSR count). The second-order valence-corrected chi connectivity index (χ2v) is 7.69. The van der Waals surface area contributed by atoms with E-state index in [9.17, 15) is 10.2 Å². The van der Waals surface area contributed by atoms with Crippen LogP contribution in [0.1, 0.15) is 51.4 Å². The third-order valence-electron chi connectivity index (χ3n) is 6.10. The van der Waals surface area contributed by atoms with Gasteiger partial charge in [0.25, 0.3) is 0 Å². The molecule has 4 aliphatic heterocycles. The molecule has 8 atom stereocenters. The number of ether oxygens (including phenoxy) is 4. The third-order valence-corrected chi connectivity index (χ3v) is 6.10. The average Bonchev–Trinajstić information content (AvgIpc) is 3.40. The van der Waals surface area contributed by atoms with Gasteiger partial charge in [-0.15, -0.1) is 0 Å². The van der Waals surface area contributed by atoms with Gasteiger partial charge in [-0.05, 0) is 51.4 Å². The van der Waals surface area contributed by atoms with E-state index in [2.05, 4.69) is 0 Å². The lowest BCUT2D eigenvalue weighted by atomic mass is 10.0. The van der Waals surface area contributed by atoms with Crippen LogP contribution in [0.4, 0.5) is 0 Å². The van der Waals surface area contributed by atoms with Gasteiger partial charge in [-0.25, -0.2) is 0 Å². The van der Waals surface area contributed by atoms with Crippen molar-refractivity contribution < 1.29 is 29.2 Å². The van der Waals surface area contributed by atoms with Crippen molar-refractivity contribution in [2.45, 2.75) is 100 Å². The van der Waals surface area contributed by atoms with Crippen molar-refractivity contribution >= 4 is 0 Å². The first kappa shape index (κ1) is 17.2. The summed E-state index contributed by atoms with van der Waals surface area (Å²) < 4.78 is 24.3. The summed E-state index contributed by atoms with van der Waals surface area (Å²) in [5.74, 6) is 0. The summed E-state index contributed by atoms with van der Waals surface area (Å²) in [6.07, 6.45) is 8.77. The van der Waals surface area contributed by atoms with Crippen LogP contribution in [0.15, 0.2) is 0 Å². The molecule has 24 heavy (non-hydrogen) atoms. The first-order valence-electron chi connectivity index (χ1n) is 9.60. The number of aliphatic hydroxyl groups is 2. The maximum Gasteiger partial charge on any atom is 0.0842 e. The molecule has 4 fully saturated rings. The third kappa shape index (κ3) is 3.50. The zero-order chi connectivity index (χ0) is 16.5. The average molecular weight is 342 g/mol. The lowest BCUT2D eigenvalue weighted by Gasteiger charge is -2.24. The van der Waals surface area contributed by atoms with Crippen molar-refractivity contribution in [2.75, 3.05) is 13.2 Å². The van der Waals surface area contributed by atoms with Crippen molar-refractivity contribution in [2.24, 2.45) is 0 Å². The van der Waals surface area contributed by atoms with Crippen molar-refractivity contribution in [1.82, 2.24) is 0 Å². The second kappa shape index (κ2) is 7.56. The van der Waals surface area contributed by atoms with Gasteiger partial charge in [0.15, 0.2) is 0 Å². The summed E-state index contributed by atoms with van der Waals surface area (Å²) in [4.78, 5) is 0. The summed E-state index contributed by atoms with van der Waals surface area (Å²) in [6.45, 7) is 0.215. The molecule has 4 saturated heterocycles. The van der Waals surface area contributed by atoms with E-state index in [1.54, 1.807) is 0 Å². The molecule has 4 aliphatic rings. The van der Waals surface area contributed by atoms with Crippen LogP contribution in [0.25, 0.3) is 0 Å². The minimum absolute atomic E-state index is 0.0104. The monoisotopic (exact) mass is 342 g/mol. The summed E-state index contributed by atoms with van der Waals surface area (Å²) in [6, 6.07) is 0. The van der Waals surface area contributed by atoms with Gasteiger partial charge in [0.1, 0.15) is 0 Å². The van der Waals surface area contributed by atoms with Crippen LogP contribution in [0.3, 0.4) is 0 Å². The molecule has 0 radical (unpaired) electrons. The largest absolute Gasteiger partial charge is 0.394 e. The molecule has 2 N–H and O–H groups in total. The van der Waals surface area contributed by atoms with E-state index in [0.717, 1.165) is 51.4 Å². The molecular formula is C18H30O6.